The van der Waals surface area contributed by atoms with Gasteiger partial charge in [-0.3, -0.25) is 14.3 Å². The number of imidazole rings is 2. The molecule has 0 spiro atoms. The minimum atomic E-state index is -0.767. The van der Waals surface area contributed by atoms with Crippen LogP contribution < -0.4 is 10.1 Å². The number of aromatic nitrogens is 6. The van der Waals surface area contributed by atoms with Crippen LogP contribution in [0, 0.1) is 23.6 Å². The fourth-order valence-electron chi connectivity index (χ4n) is 9.49. The third-order valence-electron chi connectivity index (χ3n) is 12.5. The Morgan fingerprint density at radius 1 is 0.955 bits per heavy atom. The van der Waals surface area contributed by atoms with Crippen LogP contribution in [0.2, 0.25) is 0 Å². The van der Waals surface area contributed by atoms with Crippen molar-refractivity contribution < 1.29 is 33.0 Å². The highest BCUT2D eigenvalue weighted by atomic mass is 32.1. The molecule has 5 atom stereocenters. The molecule has 6 aromatic rings. The number of halogens is 1. The van der Waals surface area contributed by atoms with E-state index in [-0.39, 0.29) is 35.9 Å². The molecule has 348 valence electrons. The number of rotatable bonds is 10. The average molecular weight is 920 g/mol. The molecule has 4 aromatic heterocycles. The monoisotopic (exact) mass is 919 g/mol. The van der Waals surface area contributed by atoms with Crippen molar-refractivity contribution in [3.8, 4) is 39.5 Å². The van der Waals surface area contributed by atoms with Gasteiger partial charge < -0.3 is 34.4 Å². The number of ether oxygens (including phenoxy) is 3. The maximum absolute atomic E-state index is 16.9. The van der Waals surface area contributed by atoms with Gasteiger partial charge in [-0.15, -0.1) is 11.3 Å². The number of hydrogen-bond donors (Lipinski definition) is 3. The first kappa shape index (κ1) is 44.9. The van der Waals surface area contributed by atoms with Crippen LogP contribution in [0.4, 0.5) is 14.0 Å². The van der Waals surface area contributed by atoms with Crippen molar-refractivity contribution in [2.75, 3.05) is 20.2 Å². The highest BCUT2D eigenvalue weighted by Crippen LogP contribution is 2.48. The molecule has 9 rings (SSSR count). The van der Waals surface area contributed by atoms with Gasteiger partial charge in [-0.2, -0.15) is 0 Å². The number of thiazole rings is 1. The Bertz CT molecular complexity index is 2800. The zero-order valence-corrected chi connectivity index (χ0v) is 39.7. The van der Waals surface area contributed by atoms with E-state index in [0.29, 0.717) is 65.3 Å². The van der Waals surface area contributed by atoms with E-state index in [0.717, 1.165) is 51.3 Å². The molecule has 66 heavy (non-hydrogen) atoms. The van der Waals surface area contributed by atoms with E-state index in [4.69, 9.17) is 29.2 Å². The quantitative estimate of drug-likeness (QED) is 0.121. The average Bonchev–Trinajstić information content (AvgIpc) is 4.12. The standard InChI is InChI=1S/C49H58FN9O6S/c1-25(2)15-40-51-23-39(66-40)46-59-34-13-12-28(32-21-53-44(54-32)37-16-27(5)24-58(37)48(62)65-49(6,7)8)17-30(34)19-36(59)41-31(50)18-29(20-38(41)64-46)33-22-52-43(55-33)35-11-10-14-57(35)45(60)42(26(3)4)56-47(61)63-9/h12-13,17-23,25-27,35,37,42,46H,10-11,14-16,24H2,1-9H3,(H,52,55)(H,53,54)(H,56,61). The third kappa shape index (κ3) is 8.64. The van der Waals surface area contributed by atoms with Gasteiger partial charge in [-0.1, -0.05) is 40.7 Å². The fraction of sp³-hybridized carbons (Fsp3) is 0.469. The lowest BCUT2D eigenvalue weighted by atomic mass is 10.0. The van der Waals surface area contributed by atoms with Gasteiger partial charge in [0.05, 0.1) is 69.6 Å². The number of nitrogens with one attached hydrogen (secondary N) is 3. The van der Waals surface area contributed by atoms with E-state index in [1.54, 1.807) is 33.5 Å². The second-order valence-corrected chi connectivity index (χ2v) is 20.8. The molecule has 0 bridgehead atoms. The molecular weight excluding hydrogens is 862 g/mol. The minimum Gasteiger partial charge on any atom is -0.464 e. The summed E-state index contributed by atoms with van der Waals surface area (Å²) in [6, 6.07) is 10.1. The first-order chi connectivity index (χ1) is 31.5. The zero-order chi connectivity index (χ0) is 46.8. The number of likely N-dealkylation sites (tertiary alicyclic amines) is 2. The van der Waals surface area contributed by atoms with Gasteiger partial charge in [0.1, 0.15) is 34.9 Å². The number of amides is 3. The Hall–Kier alpha value is -6.23. The lowest BCUT2D eigenvalue weighted by molar-refractivity contribution is -0.135. The predicted molar refractivity (Wildman–Crippen MR) is 249 cm³/mol. The Labute approximate surface area is 387 Å². The molecule has 7 heterocycles. The van der Waals surface area contributed by atoms with Crippen LogP contribution >= 0.6 is 11.3 Å². The topological polar surface area (TPSA) is 173 Å². The molecule has 3 N–H and O–H groups in total. The second kappa shape index (κ2) is 17.5. The van der Waals surface area contributed by atoms with E-state index in [2.05, 4.69) is 42.1 Å². The van der Waals surface area contributed by atoms with E-state index < -0.39 is 29.8 Å². The summed E-state index contributed by atoms with van der Waals surface area (Å²) >= 11 is 1.59. The molecular formula is C49H58FN9O6S. The summed E-state index contributed by atoms with van der Waals surface area (Å²) in [7, 11) is 1.27. The summed E-state index contributed by atoms with van der Waals surface area (Å²) in [5.41, 5.74) is 4.06. The first-order valence-electron chi connectivity index (χ1n) is 22.8. The van der Waals surface area contributed by atoms with E-state index >= 15 is 4.39 Å². The van der Waals surface area contributed by atoms with Gasteiger partial charge in [0.25, 0.3) is 0 Å². The molecule has 3 aliphatic heterocycles. The van der Waals surface area contributed by atoms with E-state index in [1.807, 2.05) is 69.6 Å². The van der Waals surface area contributed by atoms with E-state index in [9.17, 15) is 14.4 Å². The number of H-pyrrole nitrogens is 2. The summed E-state index contributed by atoms with van der Waals surface area (Å²) in [6.07, 6.45) is 6.70. The highest BCUT2D eigenvalue weighted by Gasteiger charge is 2.40. The van der Waals surface area contributed by atoms with Crippen LogP contribution in [0.15, 0.2) is 55.0 Å². The van der Waals surface area contributed by atoms with Crippen LogP contribution in [0.1, 0.15) is 114 Å². The molecule has 3 amide bonds. The van der Waals surface area contributed by atoms with Crippen molar-refractivity contribution in [3.05, 3.63) is 82.3 Å². The highest BCUT2D eigenvalue weighted by molar-refractivity contribution is 7.11. The Morgan fingerprint density at radius 2 is 1.68 bits per heavy atom. The third-order valence-corrected chi connectivity index (χ3v) is 13.6. The normalized spacial score (nSPS) is 19.9. The number of fused-ring (bicyclic) bond motifs is 5. The number of methoxy groups -OCH3 is 1. The van der Waals surface area contributed by atoms with Gasteiger partial charge in [0, 0.05) is 42.2 Å². The van der Waals surface area contributed by atoms with Crippen LogP contribution in [-0.2, 0) is 20.7 Å². The van der Waals surface area contributed by atoms with Crippen molar-refractivity contribution in [2.24, 2.45) is 17.8 Å². The lowest BCUT2D eigenvalue weighted by Crippen LogP contribution is -2.51. The Kier molecular flexibility index (Phi) is 11.9. The number of nitrogens with zero attached hydrogens (tertiary/aromatic N) is 6. The SMILES string of the molecule is COC(=O)NC(C(=O)N1CCCC1c1ncc(-c2cc(F)c3c(c2)OC(c2cnc(CC(C)C)s2)n2c-3cc3cc(-c4cnc(C5CC(C)CN5C(=O)OC(C)(C)C)[nH]4)ccc32)[nH]1)C(C)C. The number of aromatic amines is 2. The molecule has 0 radical (unpaired) electrons. The lowest BCUT2D eigenvalue weighted by Gasteiger charge is -2.30. The van der Waals surface area contributed by atoms with Gasteiger partial charge in [-0.05, 0) is 88.1 Å². The number of carbonyl (C=O) groups is 3. The largest absolute Gasteiger partial charge is 0.464 e. The van der Waals surface area contributed by atoms with Gasteiger partial charge >= 0.3 is 12.2 Å². The molecule has 0 saturated carbocycles. The van der Waals surface area contributed by atoms with Crippen molar-refractivity contribution >= 4 is 40.3 Å². The van der Waals surface area contributed by atoms with Crippen LogP contribution in [0.3, 0.4) is 0 Å². The smallest absolute Gasteiger partial charge is 0.410 e. The molecule has 15 nitrogen and oxygen atoms in total. The molecule has 0 aliphatic carbocycles. The summed E-state index contributed by atoms with van der Waals surface area (Å²) in [5, 5.41) is 4.57. The summed E-state index contributed by atoms with van der Waals surface area (Å²) < 4.78 is 36.4. The predicted octanol–water partition coefficient (Wildman–Crippen LogP) is 10.2. The summed E-state index contributed by atoms with van der Waals surface area (Å²) in [5.74, 6) is 1.51. The van der Waals surface area contributed by atoms with Crippen molar-refractivity contribution in [1.29, 1.82) is 0 Å². The van der Waals surface area contributed by atoms with Crippen LogP contribution in [-0.4, -0.2) is 89.2 Å². The zero-order valence-electron chi connectivity index (χ0n) is 38.9. The van der Waals surface area contributed by atoms with Crippen molar-refractivity contribution in [1.82, 2.24) is 44.6 Å². The maximum Gasteiger partial charge on any atom is 0.410 e. The van der Waals surface area contributed by atoms with Crippen molar-refractivity contribution in [3.63, 3.8) is 0 Å². The number of alkyl carbamates (subject to hydrolysis) is 1. The fourth-order valence-corrected chi connectivity index (χ4v) is 10.6. The van der Waals surface area contributed by atoms with E-state index in [1.165, 1.54) is 13.2 Å². The minimum absolute atomic E-state index is 0.171. The van der Waals surface area contributed by atoms with Gasteiger partial charge in [0.15, 0.2) is 0 Å². The number of hydrogen-bond acceptors (Lipinski definition) is 10. The second-order valence-electron chi connectivity index (χ2n) is 19.6. The maximum atomic E-state index is 16.9. The molecule has 2 saturated heterocycles. The Morgan fingerprint density at radius 3 is 2.38 bits per heavy atom. The molecule has 5 unspecified atom stereocenters. The van der Waals surface area contributed by atoms with Gasteiger partial charge in [-0.25, -0.2) is 28.9 Å². The number of carbonyl (C=O) groups excluding carboxylic acids is 3. The van der Waals surface area contributed by atoms with Gasteiger partial charge in [0.2, 0.25) is 12.1 Å². The molecule has 2 aromatic carbocycles. The van der Waals surface area contributed by atoms with Crippen molar-refractivity contribution in [2.45, 2.75) is 111 Å². The Balaban J connectivity index is 1.05. The number of benzene rings is 2. The van der Waals surface area contributed by atoms with Crippen LogP contribution in [0.5, 0.6) is 5.75 Å². The van der Waals surface area contributed by atoms with Crippen LogP contribution in [0.25, 0.3) is 44.7 Å². The first-order valence-corrected chi connectivity index (χ1v) is 23.6. The molecule has 3 aliphatic rings. The molecule has 17 heteroatoms. The molecule has 2 fully saturated rings. The summed E-state index contributed by atoms with van der Waals surface area (Å²) in [4.78, 5) is 64.7. The summed E-state index contributed by atoms with van der Waals surface area (Å²) in [6.45, 7) is 16.9.